The van der Waals surface area contributed by atoms with Crippen LogP contribution in [0.4, 0.5) is 0 Å². The van der Waals surface area contributed by atoms with Crippen molar-refractivity contribution in [2.45, 2.75) is 71.6 Å². The molecule has 0 aromatic carbocycles. The van der Waals surface area contributed by atoms with Gasteiger partial charge in [0.1, 0.15) is 0 Å². The van der Waals surface area contributed by atoms with Crippen molar-refractivity contribution in [2.75, 3.05) is 26.2 Å². The molecule has 118 valence electrons. The van der Waals surface area contributed by atoms with E-state index in [0.717, 1.165) is 19.5 Å². The zero-order valence-electron chi connectivity index (χ0n) is 13.6. The number of nitrogens with one attached hydrogen (secondary N) is 1. The summed E-state index contributed by atoms with van der Waals surface area (Å²) in [7, 11) is 0. The molecule has 1 saturated heterocycles. The molecule has 1 rings (SSSR count). The lowest BCUT2D eigenvalue weighted by atomic mass is 10.1. The van der Waals surface area contributed by atoms with Crippen molar-refractivity contribution in [2.24, 2.45) is 5.92 Å². The monoisotopic (exact) mass is 282 g/mol. The Labute approximate surface area is 125 Å². The highest BCUT2D eigenvalue weighted by Gasteiger charge is 2.13. The van der Waals surface area contributed by atoms with Gasteiger partial charge in [0.25, 0.3) is 0 Å². The Bertz CT molecular complexity index is 249. The van der Waals surface area contributed by atoms with Gasteiger partial charge in [-0.1, -0.05) is 46.0 Å². The van der Waals surface area contributed by atoms with E-state index in [1.165, 1.54) is 58.0 Å². The van der Waals surface area contributed by atoms with E-state index < -0.39 is 0 Å². The maximum absolute atomic E-state index is 11.7. The fourth-order valence-electron chi connectivity index (χ4n) is 2.91. The van der Waals surface area contributed by atoms with Crippen molar-refractivity contribution < 1.29 is 4.79 Å². The van der Waals surface area contributed by atoms with Crippen molar-refractivity contribution in [1.82, 2.24) is 10.2 Å². The van der Waals surface area contributed by atoms with Gasteiger partial charge in [0.15, 0.2) is 0 Å². The SMILES string of the molecule is CCCCCCCC(=O)NCC(C)CN1CCCCC1. The molecule has 3 heteroatoms. The summed E-state index contributed by atoms with van der Waals surface area (Å²) in [6.45, 7) is 8.93. The molecule has 1 aliphatic rings. The van der Waals surface area contributed by atoms with Crippen molar-refractivity contribution in [3.63, 3.8) is 0 Å². The maximum atomic E-state index is 11.7. The number of hydrogen-bond donors (Lipinski definition) is 1. The van der Waals surface area contributed by atoms with Gasteiger partial charge in [0.05, 0.1) is 0 Å². The summed E-state index contributed by atoms with van der Waals surface area (Å²) in [6, 6.07) is 0. The minimum absolute atomic E-state index is 0.243. The molecule has 1 amide bonds. The zero-order chi connectivity index (χ0) is 14.6. The van der Waals surface area contributed by atoms with Crippen LogP contribution >= 0.6 is 0 Å². The molecular formula is C17H34N2O. The summed E-state index contributed by atoms with van der Waals surface area (Å²) in [6.07, 6.45) is 10.9. The predicted octanol–water partition coefficient (Wildman–Crippen LogP) is 3.59. The summed E-state index contributed by atoms with van der Waals surface area (Å²) in [4.78, 5) is 14.3. The second-order valence-corrected chi connectivity index (χ2v) is 6.43. The summed E-state index contributed by atoms with van der Waals surface area (Å²) in [5.74, 6) is 0.809. The van der Waals surface area contributed by atoms with E-state index in [2.05, 4.69) is 24.1 Å². The van der Waals surface area contributed by atoms with Gasteiger partial charge in [-0.3, -0.25) is 4.79 Å². The Morgan fingerprint density at radius 1 is 1.10 bits per heavy atom. The minimum atomic E-state index is 0.243. The van der Waals surface area contributed by atoms with Crippen molar-refractivity contribution >= 4 is 5.91 Å². The lowest BCUT2D eigenvalue weighted by Crippen LogP contribution is -2.38. The van der Waals surface area contributed by atoms with Crippen LogP contribution in [0.5, 0.6) is 0 Å². The van der Waals surface area contributed by atoms with Crippen LogP contribution in [-0.2, 0) is 4.79 Å². The Morgan fingerprint density at radius 3 is 2.50 bits per heavy atom. The van der Waals surface area contributed by atoms with Crippen LogP contribution in [0.15, 0.2) is 0 Å². The Morgan fingerprint density at radius 2 is 1.80 bits per heavy atom. The molecule has 20 heavy (non-hydrogen) atoms. The molecular weight excluding hydrogens is 248 g/mol. The summed E-state index contributed by atoms with van der Waals surface area (Å²) >= 11 is 0. The fourth-order valence-corrected chi connectivity index (χ4v) is 2.91. The second kappa shape index (κ2) is 11.1. The molecule has 1 N–H and O–H groups in total. The van der Waals surface area contributed by atoms with Crippen LogP contribution in [0.1, 0.15) is 71.6 Å². The first-order valence-corrected chi connectivity index (χ1v) is 8.71. The number of hydrogen-bond acceptors (Lipinski definition) is 2. The Hall–Kier alpha value is -0.570. The fraction of sp³-hybridized carbons (Fsp3) is 0.941. The van der Waals surface area contributed by atoms with Crippen LogP contribution in [0.2, 0.25) is 0 Å². The number of piperidine rings is 1. The third-order valence-electron chi connectivity index (χ3n) is 4.17. The van der Waals surface area contributed by atoms with Gasteiger partial charge in [-0.15, -0.1) is 0 Å². The second-order valence-electron chi connectivity index (χ2n) is 6.43. The molecule has 1 aliphatic heterocycles. The van der Waals surface area contributed by atoms with Crippen LogP contribution < -0.4 is 5.32 Å². The molecule has 0 radical (unpaired) electrons. The first-order valence-electron chi connectivity index (χ1n) is 8.71. The standard InChI is InChI=1S/C17H34N2O/c1-3-4-5-6-8-11-17(20)18-14-16(2)15-19-12-9-7-10-13-19/h16H,3-15H2,1-2H3,(H,18,20). The number of rotatable bonds is 10. The molecule has 0 bridgehead atoms. The van der Waals surface area contributed by atoms with E-state index >= 15 is 0 Å². The topological polar surface area (TPSA) is 32.3 Å². The molecule has 0 aliphatic carbocycles. The molecule has 3 nitrogen and oxygen atoms in total. The first kappa shape index (κ1) is 17.5. The van der Waals surface area contributed by atoms with Gasteiger partial charge in [-0.2, -0.15) is 0 Å². The minimum Gasteiger partial charge on any atom is -0.356 e. The largest absolute Gasteiger partial charge is 0.356 e. The quantitative estimate of drug-likeness (QED) is 0.621. The van der Waals surface area contributed by atoms with Gasteiger partial charge in [0, 0.05) is 19.5 Å². The first-order chi connectivity index (χ1) is 9.72. The number of carbonyl (C=O) groups is 1. The molecule has 0 spiro atoms. The average molecular weight is 282 g/mol. The summed E-state index contributed by atoms with van der Waals surface area (Å²) in [5, 5.41) is 3.10. The van der Waals surface area contributed by atoms with Gasteiger partial charge >= 0.3 is 0 Å². The summed E-state index contributed by atoms with van der Waals surface area (Å²) in [5.41, 5.74) is 0. The van der Waals surface area contributed by atoms with E-state index in [4.69, 9.17) is 0 Å². The van der Waals surface area contributed by atoms with Crippen molar-refractivity contribution in [3.05, 3.63) is 0 Å². The molecule has 1 heterocycles. The highest BCUT2D eigenvalue weighted by Crippen LogP contribution is 2.10. The van der Waals surface area contributed by atoms with E-state index in [1.54, 1.807) is 0 Å². The van der Waals surface area contributed by atoms with E-state index in [-0.39, 0.29) is 5.91 Å². The molecule has 0 aromatic rings. The van der Waals surface area contributed by atoms with Crippen LogP contribution in [-0.4, -0.2) is 37.0 Å². The lowest BCUT2D eigenvalue weighted by Gasteiger charge is -2.29. The van der Waals surface area contributed by atoms with Gasteiger partial charge < -0.3 is 10.2 Å². The highest BCUT2D eigenvalue weighted by atomic mass is 16.1. The lowest BCUT2D eigenvalue weighted by molar-refractivity contribution is -0.121. The van der Waals surface area contributed by atoms with E-state index in [9.17, 15) is 4.79 Å². The molecule has 1 atom stereocenters. The Balaban J connectivity index is 1.98. The molecule has 0 aromatic heterocycles. The number of carbonyl (C=O) groups excluding carboxylic acids is 1. The van der Waals surface area contributed by atoms with Crippen LogP contribution in [0.3, 0.4) is 0 Å². The molecule has 1 fully saturated rings. The third-order valence-corrected chi connectivity index (χ3v) is 4.17. The Kier molecular flexibility index (Phi) is 9.73. The number of nitrogens with zero attached hydrogens (tertiary/aromatic N) is 1. The average Bonchev–Trinajstić information content (AvgIpc) is 2.46. The van der Waals surface area contributed by atoms with Crippen LogP contribution in [0.25, 0.3) is 0 Å². The van der Waals surface area contributed by atoms with E-state index in [1.807, 2.05) is 0 Å². The zero-order valence-corrected chi connectivity index (χ0v) is 13.6. The number of unbranched alkanes of at least 4 members (excludes halogenated alkanes) is 4. The van der Waals surface area contributed by atoms with Gasteiger partial charge in [0.2, 0.25) is 5.91 Å². The smallest absolute Gasteiger partial charge is 0.220 e. The molecule has 1 unspecified atom stereocenters. The maximum Gasteiger partial charge on any atom is 0.220 e. The van der Waals surface area contributed by atoms with Crippen LogP contribution in [0, 0.1) is 5.92 Å². The molecule has 0 saturated carbocycles. The van der Waals surface area contributed by atoms with E-state index in [0.29, 0.717) is 12.3 Å². The van der Waals surface area contributed by atoms with Gasteiger partial charge in [-0.25, -0.2) is 0 Å². The van der Waals surface area contributed by atoms with Crippen molar-refractivity contribution in [1.29, 1.82) is 0 Å². The number of amides is 1. The predicted molar refractivity (Wildman–Crippen MR) is 85.8 cm³/mol. The summed E-state index contributed by atoms with van der Waals surface area (Å²) < 4.78 is 0. The number of likely N-dealkylation sites (tertiary alicyclic amines) is 1. The van der Waals surface area contributed by atoms with Gasteiger partial charge in [-0.05, 0) is 38.3 Å². The normalized spacial score (nSPS) is 17.9. The third kappa shape index (κ3) is 8.57. The highest BCUT2D eigenvalue weighted by molar-refractivity contribution is 5.75. The van der Waals surface area contributed by atoms with Crippen molar-refractivity contribution in [3.8, 4) is 0 Å².